The number of carboxylic acids is 1. The van der Waals surface area contributed by atoms with Crippen molar-refractivity contribution in [2.45, 2.75) is 250 Å². The third-order valence-corrected chi connectivity index (χ3v) is 25.5. The first-order chi connectivity index (χ1) is 53.4. The van der Waals surface area contributed by atoms with Crippen LogP contribution < -0.4 is 16.0 Å². The second-order valence-electron chi connectivity index (χ2n) is 35.1. The number of carboxylic acid groups (broad SMARTS) is 1. The van der Waals surface area contributed by atoms with Gasteiger partial charge in [0, 0.05) is 25.2 Å². The van der Waals surface area contributed by atoms with E-state index in [1.165, 1.54) is 72.3 Å². The summed E-state index contributed by atoms with van der Waals surface area (Å²) in [4.78, 5) is 81.7. The van der Waals surface area contributed by atoms with Crippen LogP contribution in [0.2, 0.25) is 0 Å². The zero-order valence-corrected chi connectivity index (χ0v) is 66.8. The van der Waals surface area contributed by atoms with Crippen LogP contribution in [0.3, 0.4) is 0 Å². The maximum Gasteiger partial charge on any atom is 0.482 e. The summed E-state index contributed by atoms with van der Waals surface area (Å²) in [5.74, 6) is -2.65. The van der Waals surface area contributed by atoms with Gasteiger partial charge in [0.05, 0.1) is 60.4 Å². The molecule has 25 nitrogen and oxygen atoms in total. The van der Waals surface area contributed by atoms with E-state index < -0.39 is 105 Å². The molecule has 0 aromatic heterocycles. The highest BCUT2D eigenvalue weighted by Gasteiger charge is 2.70. The van der Waals surface area contributed by atoms with Crippen LogP contribution in [0, 0.1) is 86.6 Å². The van der Waals surface area contributed by atoms with Crippen LogP contribution in [0.15, 0.2) is 84.4 Å². The number of alkyl carbamates (subject to hydrolysis) is 3. The Bertz CT molecular complexity index is 3990. The Morgan fingerprint density at radius 1 is 0.637 bits per heavy atom. The number of carbonyl (C=O) groups excluding carboxylic acids is 5. The fraction of sp³-hybridized carbons (Fsp3) is 0.646. The van der Waals surface area contributed by atoms with Crippen molar-refractivity contribution < 1.29 is 89.9 Å². The van der Waals surface area contributed by atoms with E-state index >= 15 is 0 Å². The summed E-state index contributed by atoms with van der Waals surface area (Å²) in [6.45, 7) is 31.9. The minimum absolute atomic E-state index is 0.0197. The van der Waals surface area contributed by atoms with Gasteiger partial charge in [0.1, 0.15) is 53.8 Å². The van der Waals surface area contributed by atoms with Crippen molar-refractivity contribution in [3.63, 3.8) is 0 Å². The average Bonchev–Trinajstić information content (AvgIpc) is 1.63. The molecule has 12 fully saturated rings. The van der Waals surface area contributed by atoms with Crippen LogP contribution in [0.25, 0.3) is 4.85 Å². The molecule has 610 valence electrons. The van der Waals surface area contributed by atoms with E-state index in [-0.39, 0.29) is 89.3 Å². The minimum Gasteiger partial charge on any atom is -0.480 e. The first-order valence-electron chi connectivity index (χ1n) is 40.0. The van der Waals surface area contributed by atoms with E-state index in [4.69, 9.17) is 49.8 Å². The summed E-state index contributed by atoms with van der Waals surface area (Å²) in [5, 5.41) is 52.9. The Labute approximate surface area is 663 Å². The molecule has 7 aliphatic carbocycles. The number of hydrogen-bond acceptors (Lipinski definition) is 18. The van der Waals surface area contributed by atoms with Crippen LogP contribution in [-0.2, 0) is 66.5 Å². The standard InChI is InChI=1S/C27H38BFN4O5.C27H35BFN3O5.C25H35BFNO4.C3H3NO2/c1-26(2)11-13-33(18-26)27(3,4)15-20(16-30)24(34)32-12-5-6-22(17-32)38-25(35)31-23(28(36)37)14-19-7-9-21(29)10-8-19;1-26(2)18-13-21(26)27(3)22(14-18)36-28(37-27)23(12-17-7-9-19(29)10-8-17)31-25(34)35-20-6-5-11-32(16-20)24(33)15-30-4;1-24(2)17-14-20(24)25(3)21(15-17)31-26(32-25)22(13-16-9-11-18(27)12-10-16)28-23(29)30-19-7-5-4-6-8-19;4-2-1-3(5)6/h7-10,15,22-23,36-37H,5-6,11-14,17-18H2,1-4H3,(H,31,35);7-10,18,20-23H,5-6,11-16H2,1-3H3,(H,31,34);9-12,17,19-22H,4-8,13-15H2,1-3H3,(H,28,29);1H2,(H,5,6)/t22-,23-;18-,20-,21-,22+,23-,27-;17-,20-,21+,22-,25-;/m000./s1. The zero-order valence-electron chi connectivity index (χ0n) is 66.8. The highest BCUT2D eigenvalue weighted by Crippen LogP contribution is 2.67. The van der Waals surface area contributed by atoms with Crippen LogP contribution >= 0.6 is 0 Å². The quantitative estimate of drug-likeness (QED) is 0.0201. The predicted molar refractivity (Wildman–Crippen MR) is 414 cm³/mol. The van der Waals surface area contributed by atoms with Gasteiger partial charge in [-0.3, -0.25) is 19.3 Å². The van der Waals surface area contributed by atoms with E-state index in [0.29, 0.717) is 80.8 Å². The Hall–Kier alpha value is -8.21. The van der Waals surface area contributed by atoms with Gasteiger partial charge in [-0.05, 0) is 236 Å². The summed E-state index contributed by atoms with van der Waals surface area (Å²) in [7, 11) is -3.07. The second kappa shape index (κ2) is 37.2. The van der Waals surface area contributed by atoms with Gasteiger partial charge in [0.25, 0.3) is 12.5 Å². The molecule has 5 saturated heterocycles. The van der Waals surface area contributed by atoms with Crippen molar-refractivity contribution >= 4 is 57.4 Å². The number of nitriles is 2. The fourth-order valence-corrected chi connectivity index (χ4v) is 18.7. The molecule has 4 bridgehead atoms. The summed E-state index contributed by atoms with van der Waals surface area (Å²) in [6.07, 6.45) is 12.3. The largest absolute Gasteiger partial charge is 0.482 e. The number of amides is 5. The van der Waals surface area contributed by atoms with Crippen molar-refractivity contribution in [1.29, 1.82) is 10.5 Å². The third kappa shape index (κ3) is 21.9. The molecule has 12 aliphatic rings. The molecular formula is C82H111B3F3N9O16. The molecule has 5 amide bonds. The van der Waals surface area contributed by atoms with Gasteiger partial charge in [0.15, 0.2) is 0 Å². The number of piperidine rings is 2. The molecule has 31 heteroatoms. The number of aliphatic carboxylic acids is 1. The van der Waals surface area contributed by atoms with Gasteiger partial charge in [-0.15, -0.1) is 0 Å². The monoisotopic (exact) mass is 1570 g/mol. The lowest BCUT2D eigenvalue weighted by molar-refractivity contribution is -0.199. The van der Waals surface area contributed by atoms with Gasteiger partial charge >= 0.3 is 51.5 Å². The normalized spacial score (nSPS) is 27.8. The smallest absolute Gasteiger partial charge is 0.480 e. The number of likely N-dealkylation sites (tertiary alicyclic amines) is 3. The van der Waals surface area contributed by atoms with E-state index in [0.717, 1.165) is 75.6 Å². The van der Waals surface area contributed by atoms with Crippen molar-refractivity contribution in [1.82, 2.24) is 30.7 Å². The minimum atomic E-state index is -1.86. The first kappa shape index (κ1) is 87.2. The molecule has 15 rings (SSSR count). The number of carbonyl (C=O) groups is 6. The Balaban J connectivity index is 0.000000173. The third-order valence-electron chi connectivity index (χ3n) is 25.5. The molecule has 0 spiro atoms. The van der Waals surface area contributed by atoms with Crippen LogP contribution in [0.4, 0.5) is 27.6 Å². The lowest BCUT2D eigenvalue weighted by Crippen LogP contribution is -2.65. The maximum atomic E-state index is 13.5. The molecular weight excluding hydrogens is 1460 g/mol. The number of nitrogens with zero attached hydrogens (tertiary/aromatic N) is 6. The molecule has 113 heavy (non-hydrogen) atoms. The van der Waals surface area contributed by atoms with Crippen molar-refractivity contribution in [2.24, 2.45) is 39.9 Å². The number of nitrogens with one attached hydrogen (secondary N) is 3. The van der Waals surface area contributed by atoms with E-state index in [1.54, 1.807) is 35.2 Å². The van der Waals surface area contributed by atoms with Crippen LogP contribution in [0.5, 0.6) is 0 Å². The van der Waals surface area contributed by atoms with Crippen molar-refractivity contribution in [2.75, 3.05) is 45.8 Å². The van der Waals surface area contributed by atoms with Crippen molar-refractivity contribution in [3.05, 3.63) is 130 Å². The highest BCUT2D eigenvalue weighted by molar-refractivity contribution is 6.48. The number of ether oxygens (including phenoxy) is 3. The Kier molecular flexibility index (Phi) is 28.7. The average molecular weight is 1570 g/mol. The Morgan fingerprint density at radius 3 is 1.48 bits per heavy atom. The van der Waals surface area contributed by atoms with Crippen LogP contribution in [-0.4, -0.2) is 198 Å². The SMILES string of the molecule is CC1(C)CCN(C(C)(C)C=C(C#N)C(=O)N2CCC[C@H](OC(=O)N[C@@H](Cc3ccc(F)cc3)B(O)O)C2)C1.CC1(C)[C@@H]2C[C@H]3OB([C@H](Cc4ccc(F)cc4)NC(=O)OC4CCCCC4)O[C@@]3(C)[C@H]1C2.N#CCC(=O)O.[C-]#[N+]CC(=O)N1CCC[C@H](OC(=O)N[C@@H](Cc2ccc(F)cc2)B2O[C@@H]3C[C@@H]4C[C@@H](C4(C)C)[C@]3(C)O2)C1. The molecule has 13 atom stereocenters. The molecule has 3 aromatic carbocycles. The molecule has 6 N–H and O–H groups in total. The summed E-state index contributed by atoms with van der Waals surface area (Å²) < 4.78 is 83.1. The molecule has 5 heterocycles. The number of hydrogen-bond donors (Lipinski definition) is 6. The number of halogens is 3. The van der Waals surface area contributed by atoms with Gasteiger partial charge in [0.2, 0.25) is 0 Å². The molecule has 7 saturated carbocycles. The van der Waals surface area contributed by atoms with Crippen LogP contribution in [0.1, 0.15) is 182 Å². The number of benzene rings is 3. The van der Waals surface area contributed by atoms with E-state index in [9.17, 15) is 57.2 Å². The van der Waals surface area contributed by atoms with Gasteiger partial charge < -0.3 is 78.6 Å². The van der Waals surface area contributed by atoms with Gasteiger partial charge in [-0.2, -0.15) is 10.5 Å². The lowest BCUT2D eigenvalue weighted by atomic mass is 9.43. The number of rotatable bonds is 20. The van der Waals surface area contributed by atoms with E-state index in [1.807, 2.05) is 13.8 Å². The molecule has 0 unspecified atom stereocenters. The predicted octanol–water partition coefficient (Wildman–Crippen LogP) is 11.1. The van der Waals surface area contributed by atoms with Gasteiger partial charge in [-0.25, -0.2) is 34.1 Å². The lowest BCUT2D eigenvalue weighted by Gasteiger charge is -2.64. The van der Waals surface area contributed by atoms with Crippen molar-refractivity contribution in [3.8, 4) is 12.1 Å². The van der Waals surface area contributed by atoms with E-state index in [2.05, 4.69) is 87.2 Å². The molecule has 0 radical (unpaired) electrons. The molecule has 3 aromatic rings. The highest BCUT2D eigenvalue weighted by atomic mass is 19.1. The summed E-state index contributed by atoms with van der Waals surface area (Å²) >= 11 is 0. The Morgan fingerprint density at radius 2 is 1.07 bits per heavy atom. The first-order valence-corrected chi connectivity index (χ1v) is 40.0. The van der Waals surface area contributed by atoms with Gasteiger partial charge in [-0.1, -0.05) is 84.4 Å². The summed E-state index contributed by atoms with van der Waals surface area (Å²) in [5.41, 5.74) is 1.82. The molecule has 5 aliphatic heterocycles. The zero-order chi connectivity index (χ0) is 82.0. The fourth-order valence-electron chi connectivity index (χ4n) is 18.7. The topological polar surface area (TPSA) is 325 Å². The maximum absolute atomic E-state index is 13.5. The second-order valence-corrected chi connectivity index (χ2v) is 35.1. The summed E-state index contributed by atoms with van der Waals surface area (Å²) in [6, 6.07) is 21.6.